The molecule has 0 aliphatic carbocycles. The predicted octanol–water partition coefficient (Wildman–Crippen LogP) is 3.30. The van der Waals surface area contributed by atoms with Crippen LogP contribution in [0, 0.1) is 5.92 Å². The lowest BCUT2D eigenvalue weighted by atomic mass is 10.1. The molecule has 1 rings (SSSR count). The summed E-state index contributed by atoms with van der Waals surface area (Å²) in [6.07, 6.45) is 1.88. The number of amides is 1. The van der Waals surface area contributed by atoms with Crippen molar-refractivity contribution in [1.29, 1.82) is 0 Å². The first kappa shape index (κ1) is 12.8. The van der Waals surface area contributed by atoms with Gasteiger partial charge in [0.05, 0.1) is 10.7 Å². The average Bonchev–Trinajstić information content (AvgIpc) is 2.24. The van der Waals surface area contributed by atoms with Crippen molar-refractivity contribution < 1.29 is 4.79 Å². The van der Waals surface area contributed by atoms with Crippen LogP contribution >= 0.6 is 11.6 Å². The van der Waals surface area contributed by atoms with E-state index in [1.807, 2.05) is 6.92 Å². The normalized spacial score (nSPS) is 12.2. The van der Waals surface area contributed by atoms with E-state index < -0.39 is 0 Å². The Kier molecular flexibility index (Phi) is 4.62. The summed E-state index contributed by atoms with van der Waals surface area (Å²) in [4.78, 5) is 11.7. The maximum atomic E-state index is 11.7. The van der Waals surface area contributed by atoms with Gasteiger partial charge >= 0.3 is 0 Å². The molecular weight excluding hydrogens is 224 g/mol. The van der Waals surface area contributed by atoms with Crippen LogP contribution in [0.5, 0.6) is 0 Å². The topological polar surface area (TPSA) is 55.1 Å². The Balaban J connectivity index is 2.66. The van der Waals surface area contributed by atoms with Crippen molar-refractivity contribution in [2.45, 2.75) is 26.7 Å². The molecule has 0 unspecified atom stereocenters. The second-order valence-corrected chi connectivity index (χ2v) is 4.32. The van der Waals surface area contributed by atoms with Gasteiger partial charge in [0, 0.05) is 11.6 Å². The number of nitrogen functional groups attached to an aromatic ring is 1. The van der Waals surface area contributed by atoms with E-state index in [4.69, 9.17) is 17.3 Å². The van der Waals surface area contributed by atoms with Gasteiger partial charge in [0.25, 0.3) is 0 Å². The van der Waals surface area contributed by atoms with Gasteiger partial charge in [-0.3, -0.25) is 4.79 Å². The first-order chi connectivity index (χ1) is 7.54. The highest BCUT2D eigenvalue weighted by molar-refractivity contribution is 6.33. The van der Waals surface area contributed by atoms with Gasteiger partial charge in [-0.1, -0.05) is 31.9 Å². The molecule has 0 aliphatic heterocycles. The highest BCUT2D eigenvalue weighted by Crippen LogP contribution is 2.22. The Morgan fingerprint density at radius 1 is 1.56 bits per heavy atom. The van der Waals surface area contributed by atoms with E-state index in [-0.39, 0.29) is 11.8 Å². The largest absolute Gasteiger partial charge is 0.397 e. The summed E-state index contributed by atoms with van der Waals surface area (Å²) in [5, 5.41) is 3.32. The van der Waals surface area contributed by atoms with Crippen LogP contribution in [0.2, 0.25) is 5.02 Å². The Labute approximate surface area is 101 Å². The molecule has 88 valence electrons. The van der Waals surface area contributed by atoms with Crippen LogP contribution in [0.15, 0.2) is 18.2 Å². The number of nitrogens with two attached hydrogens (primary N) is 1. The summed E-state index contributed by atoms with van der Waals surface area (Å²) in [5.74, 6) is 0.0328. The molecule has 16 heavy (non-hydrogen) atoms. The molecule has 3 N–H and O–H groups in total. The number of hydrogen-bond acceptors (Lipinski definition) is 2. The number of rotatable bonds is 4. The summed E-state index contributed by atoms with van der Waals surface area (Å²) in [7, 11) is 0. The highest BCUT2D eigenvalue weighted by atomic mass is 35.5. The summed E-state index contributed by atoms with van der Waals surface area (Å²) >= 11 is 5.79. The molecular formula is C12H17ClN2O. The van der Waals surface area contributed by atoms with E-state index in [1.54, 1.807) is 18.2 Å². The van der Waals surface area contributed by atoms with Crippen molar-refractivity contribution in [3.8, 4) is 0 Å². The molecule has 1 aromatic carbocycles. The standard InChI is InChI=1S/C12H17ClN2O/c1-3-4-8(2)12(16)15-9-5-6-10(13)11(14)7-9/h5-8H,3-4,14H2,1-2H3,(H,15,16)/t8-/m0/s1. The van der Waals surface area contributed by atoms with Crippen LogP contribution < -0.4 is 11.1 Å². The molecule has 0 bridgehead atoms. The summed E-state index contributed by atoms with van der Waals surface area (Å²) in [6.45, 7) is 3.97. The minimum Gasteiger partial charge on any atom is -0.397 e. The molecule has 1 amide bonds. The Morgan fingerprint density at radius 3 is 2.81 bits per heavy atom. The fourth-order valence-corrected chi connectivity index (χ4v) is 1.57. The number of hydrogen-bond donors (Lipinski definition) is 2. The molecule has 0 radical (unpaired) electrons. The monoisotopic (exact) mass is 240 g/mol. The van der Waals surface area contributed by atoms with E-state index in [0.717, 1.165) is 12.8 Å². The summed E-state index contributed by atoms with van der Waals surface area (Å²) < 4.78 is 0. The molecule has 0 aromatic heterocycles. The quantitative estimate of drug-likeness (QED) is 0.794. The zero-order chi connectivity index (χ0) is 12.1. The van der Waals surface area contributed by atoms with Crippen molar-refractivity contribution in [3.63, 3.8) is 0 Å². The lowest BCUT2D eigenvalue weighted by Crippen LogP contribution is -2.20. The van der Waals surface area contributed by atoms with Gasteiger partial charge in [-0.25, -0.2) is 0 Å². The van der Waals surface area contributed by atoms with E-state index in [2.05, 4.69) is 12.2 Å². The number of halogens is 1. The molecule has 0 saturated heterocycles. The molecule has 0 saturated carbocycles. The van der Waals surface area contributed by atoms with Gasteiger partial charge in [0.1, 0.15) is 0 Å². The lowest BCUT2D eigenvalue weighted by molar-refractivity contribution is -0.119. The maximum Gasteiger partial charge on any atom is 0.227 e. The molecule has 1 aromatic rings. The van der Waals surface area contributed by atoms with E-state index in [0.29, 0.717) is 16.4 Å². The fourth-order valence-electron chi connectivity index (χ4n) is 1.45. The molecule has 3 nitrogen and oxygen atoms in total. The Bertz CT molecular complexity index is 379. The van der Waals surface area contributed by atoms with Gasteiger partial charge in [0.15, 0.2) is 0 Å². The minimum atomic E-state index is 0.0157. The Morgan fingerprint density at radius 2 is 2.25 bits per heavy atom. The van der Waals surface area contributed by atoms with Crippen LogP contribution in [0.1, 0.15) is 26.7 Å². The smallest absolute Gasteiger partial charge is 0.227 e. The molecule has 0 fully saturated rings. The summed E-state index contributed by atoms with van der Waals surface area (Å²) in [6, 6.07) is 5.09. The van der Waals surface area contributed by atoms with Gasteiger partial charge in [-0.15, -0.1) is 0 Å². The first-order valence-electron chi connectivity index (χ1n) is 5.40. The predicted molar refractivity (Wildman–Crippen MR) is 68.6 cm³/mol. The number of carbonyl (C=O) groups excluding carboxylic acids is 1. The van der Waals surface area contributed by atoms with E-state index in [1.165, 1.54) is 0 Å². The van der Waals surface area contributed by atoms with Crippen LogP contribution in [0.25, 0.3) is 0 Å². The average molecular weight is 241 g/mol. The van der Waals surface area contributed by atoms with Crippen LogP contribution in [0.4, 0.5) is 11.4 Å². The van der Waals surface area contributed by atoms with Crippen molar-refractivity contribution in [1.82, 2.24) is 0 Å². The van der Waals surface area contributed by atoms with E-state index in [9.17, 15) is 4.79 Å². The summed E-state index contributed by atoms with van der Waals surface area (Å²) in [5.41, 5.74) is 6.81. The molecule has 0 heterocycles. The third-order valence-corrected chi connectivity index (χ3v) is 2.78. The van der Waals surface area contributed by atoms with Crippen molar-refractivity contribution in [2.75, 3.05) is 11.1 Å². The minimum absolute atomic E-state index is 0.0157. The SMILES string of the molecule is CCC[C@H](C)C(=O)Nc1ccc(Cl)c(N)c1. The van der Waals surface area contributed by atoms with E-state index >= 15 is 0 Å². The fraction of sp³-hybridized carbons (Fsp3) is 0.417. The number of nitrogens with one attached hydrogen (secondary N) is 1. The van der Waals surface area contributed by atoms with Gasteiger partial charge in [0.2, 0.25) is 5.91 Å². The lowest BCUT2D eigenvalue weighted by Gasteiger charge is -2.11. The number of carbonyl (C=O) groups is 1. The maximum absolute atomic E-state index is 11.7. The zero-order valence-electron chi connectivity index (χ0n) is 9.59. The van der Waals surface area contributed by atoms with Crippen LogP contribution in [-0.4, -0.2) is 5.91 Å². The van der Waals surface area contributed by atoms with Crippen LogP contribution in [0.3, 0.4) is 0 Å². The highest BCUT2D eigenvalue weighted by Gasteiger charge is 2.11. The molecule has 1 atom stereocenters. The second-order valence-electron chi connectivity index (χ2n) is 3.92. The zero-order valence-corrected chi connectivity index (χ0v) is 10.3. The molecule has 0 aliphatic rings. The first-order valence-corrected chi connectivity index (χ1v) is 5.78. The third-order valence-electron chi connectivity index (χ3n) is 2.43. The van der Waals surface area contributed by atoms with Crippen molar-refractivity contribution in [2.24, 2.45) is 5.92 Å². The molecule has 4 heteroatoms. The van der Waals surface area contributed by atoms with Crippen molar-refractivity contribution >= 4 is 28.9 Å². The Hall–Kier alpha value is -1.22. The van der Waals surface area contributed by atoms with Gasteiger partial charge in [-0.05, 0) is 24.6 Å². The van der Waals surface area contributed by atoms with Crippen LogP contribution in [-0.2, 0) is 4.79 Å². The van der Waals surface area contributed by atoms with Gasteiger partial charge in [-0.2, -0.15) is 0 Å². The third kappa shape index (κ3) is 3.42. The number of benzene rings is 1. The van der Waals surface area contributed by atoms with Gasteiger partial charge < -0.3 is 11.1 Å². The number of anilines is 2. The van der Waals surface area contributed by atoms with Crippen molar-refractivity contribution in [3.05, 3.63) is 23.2 Å². The molecule has 0 spiro atoms. The second kappa shape index (κ2) is 5.75.